The molecule has 1 aliphatic rings. The van der Waals surface area contributed by atoms with Crippen molar-refractivity contribution in [1.82, 2.24) is 9.88 Å². The van der Waals surface area contributed by atoms with E-state index < -0.39 is 11.4 Å². The fraction of sp³-hybridized carbons (Fsp3) is 0.500. The van der Waals surface area contributed by atoms with Gasteiger partial charge in [0.05, 0.1) is 24.3 Å². The van der Waals surface area contributed by atoms with E-state index in [1.807, 2.05) is 13.8 Å². The van der Waals surface area contributed by atoms with Crippen molar-refractivity contribution in [2.75, 3.05) is 25.5 Å². The zero-order valence-electron chi connectivity index (χ0n) is 10.4. The highest BCUT2D eigenvalue weighted by molar-refractivity contribution is 5.95. The normalized spacial score (nSPS) is 18.7. The Bertz CT molecular complexity index is 476. The van der Waals surface area contributed by atoms with E-state index in [0.717, 1.165) is 0 Å². The molecule has 5 nitrogen and oxygen atoms in total. The molecule has 2 N–H and O–H groups in total. The van der Waals surface area contributed by atoms with Gasteiger partial charge in [0.1, 0.15) is 0 Å². The van der Waals surface area contributed by atoms with Crippen molar-refractivity contribution >= 4 is 11.7 Å². The molecule has 0 bridgehead atoms. The van der Waals surface area contributed by atoms with Gasteiger partial charge in [-0.2, -0.15) is 0 Å². The van der Waals surface area contributed by atoms with E-state index in [9.17, 15) is 9.18 Å². The summed E-state index contributed by atoms with van der Waals surface area (Å²) in [5.41, 5.74) is 4.87. The number of halogens is 1. The number of nitrogen functional groups attached to an aromatic ring is 1. The molecule has 1 aliphatic heterocycles. The molecule has 0 saturated carbocycles. The predicted octanol–water partition coefficient (Wildman–Crippen LogP) is 1.05. The van der Waals surface area contributed by atoms with E-state index in [-0.39, 0.29) is 17.3 Å². The number of carbonyl (C=O) groups excluding carboxylic acids is 1. The van der Waals surface area contributed by atoms with Crippen molar-refractivity contribution in [3.8, 4) is 0 Å². The van der Waals surface area contributed by atoms with Gasteiger partial charge in [0.25, 0.3) is 5.91 Å². The second kappa shape index (κ2) is 4.53. The number of carbonyl (C=O) groups is 1. The first kappa shape index (κ1) is 12.8. The average Bonchev–Trinajstić information content (AvgIpc) is 2.31. The standard InChI is InChI=1S/C12H16FN3O2/c1-12(2)7-18-6-5-16(12)11(17)8-3-4-15-10(14)9(8)13/h3-4H,5-7H2,1-2H3,(H2,14,15). The van der Waals surface area contributed by atoms with Crippen LogP contribution in [0.25, 0.3) is 0 Å². The highest BCUT2D eigenvalue weighted by atomic mass is 19.1. The Morgan fingerprint density at radius 2 is 2.33 bits per heavy atom. The van der Waals surface area contributed by atoms with Crippen LogP contribution in [-0.2, 0) is 4.74 Å². The third kappa shape index (κ3) is 2.15. The molecule has 2 heterocycles. The number of amides is 1. The molecule has 0 aromatic carbocycles. The first-order chi connectivity index (χ1) is 8.43. The molecule has 1 saturated heterocycles. The van der Waals surface area contributed by atoms with Crippen molar-refractivity contribution < 1.29 is 13.9 Å². The second-order valence-electron chi connectivity index (χ2n) is 4.88. The van der Waals surface area contributed by atoms with E-state index >= 15 is 0 Å². The lowest BCUT2D eigenvalue weighted by molar-refractivity contribution is -0.0372. The average molecular weight is 253 g/mol. The first-order valence-electron chi connectivity index (χ1n) is 5.73. The smallest absolute Gasteiger partial charge is 0.257 e. The SMILES string of the molecule is CC1(C)COCCN1C(=O)c1ccnc(N)c1F. The van der Waals surface area contributed by atoms with Gasteiger partial charge in [0.2, 0.25) is 0 Å². The summed E-state index contributed by atoms with van der Waals surface area (Å²) in [5.74, 6) is -1.40. The molecule has 1 aromatic rings. The number of nitrogens with two attached hydrogens (primary N) is 1. The Hall–Kier alpha value is -1.69. The molecule has 0 aliphatic carbocycles. The van der Waals surface area contributed by atoms with Crippen LogP contribution in [0.1, 0.15) is 24.2 Å². The Labute approximate surface area is 105 Å². The molecule has 0 atom stereocenters. The van der Waals surface area contributed by atoms with E-state index in [4.69, 9.17) is 10.5 Å². The van der Waals surface area contributed by atoms with Gasteiger partial charge in [-0.3, -0.25) is 4.79 Å². The number of pyridine rings is 1. The quantitative estimate of drug-likeness (QED) is 0.812. The van der Waals surface area contributed by atoms with Crippen LogP contribution in [0.4, 0.5) is 10.2 Å². The molecule has 2 rings (SSSR count). The van der Waals surface area contributed by atoms with E-state index in [2.05, 4.69) is 4.98 Å². The number of morpholine rings is 1. The zero-order valence-corrected chi connectivity index (χ0v) is 10.4. The molecule has 0 spiro atoms. The molecule has 0 radical (unpaired) electrons. The molecule has 18 heavy (non-hydrogen) atoms. The topological polar surface area (TPSA) is 68.5 Å². The van der Waals surface area contributed by atoms with Crippen molar-refractivity contribution in [3.05, 3.63) is 23.6 Å². The van der Waals surface area contributed by atoms with Crippen LogP contribution in [0.15, 0.2) is 12.3 Å². The highest BCUT2D eigenvalue weighted by Gasteiger charge is 2.35. The van der Waals surface area contributed by atoms with Crippen molar-refractivity contribution in [2.45, 2.75) is 19.4 Å². The molecule has 0 unspecified atom stereocenters. The molecular formula is C12H16FN3O2. The van der Waals surface area contributed by atoms with Crippen LogP contribution in [0.3, 0.4) is 0 Å². The Balaban J connectivity index is 2.33. The maximum absolute atomic E-state index is 13.8. The molecule has 6 heteroatoms. The zero-order chi connectivity index (χ0) is 13.3. The van der Waals surface area contributed by atoms with Gasteiger partial charge in [-0.15, -0.1) is 0 Å². The third-order valence-electron chi connectivity index (χ3n) is 3.04. The van der Waals surface area contributed by atoms with Gasteiger partial charge in [0, 0.05) is 12.7 Å². The monoisotopic (exact) mass is 253 g/mol. The van der Waals surface area contributed by atoms with Gasteiger partial charge >= 0.3 is 0 Å². The Morgan fingerprint density at radius 1 is 1.61 bits per heavy atom. The van der Waals surface area contributed by atoms with Gasteiger partial charge in [-0.1, -0.05) is 0 Å². The summed E-state index contributed by atoms with van der Waals surface area (Å²) < 4.78 is 19.1. The second-order valence-corrected chi connectivity index (χ2v) is 4.88. The van der Waals surface area contributed by atoms with Crippen LogP contribution in [0, 0.1) is 5.82 Å². The summed E-state index contributed by atoms with van der Waals surface area (Å²) >= 11 is 0. The van der Waals surface area contributed by atoms with Gasteiger partial charge in [-0.05, 0) is 19.9 Å². The number of ether oxygens (including phenoxy) is 1. The lowest BCUT2D eigenvalue weighted by atomic mass is 10.0. The maximum atomic E-state index is 13.8. The van der Waals surface area contributed by atoms with E-state index in [0.29, 0.717) is 19.8 Å². The van der Waals surface area contributed by atoms with Crippen molar-refractivity contribution in [3.63, 3.8) is 0 Å². The molecule has 1 amide bonds. The van der Waals surface area contributed by atoms with E-state index in [1.165, 1.54) is 12.3 Å². The van der Waals surface area contributed by atoms with Crippen LogP contribution in [-0.4, -0.2) is 41.1 Å². The highest BCUT2D eigenvalue weighted by Crippen LogP contribution is 2.23. The minimum Gasteiger partial charge on any atom is -0.381 e. The predicted molar refractivity (Wildman–Crippen MR) is 64.5 cm³/mol. The van der Waals surface area contributed by atoms with Crippen molar-refractivity contribution in [1.29, 1.82) is 0 Å². The number of nitrogens with zero attached hydrogens (tertiary/aromatic N) is 2. The number of anilines is 1. The molecule has 1 aromatic heterocycles. The summed E-state index contributed by atoms with van der Waals surface area (Å²) in [4.78, 5) is 17.6. The maximum Gasteiger partial charge on any atom is 0.257 e. The molecule has 1 fully saturated rings. The fourth-order valence-corrected chi connectivity index (χ4v) is 2.01. The fourth-order valence-electron chi connectivity index (χ4n) is 2.01. The van der Waals surface area contributed by atoms with Crippen molar-refractivity contribution in [2.24, 2.45) is 0 Å². The van der Waals surface area contributed by atoms with Gasteiger partial charge in [-0.25, -0.2) is 9.37 Å². The lowest BCUT2D eigenvalue weighted by Gasteiger charge is -2.42. The largest absolute Gasteiger partial charge is 0.381 e. The molecule has 98 valence electrons. The summed E-state index contributed by atoms with van der Waals surface area (Å²) in [6.07, 6.45) is 1.33. The number of aromatic nitrogens is 1. The summed E-state index contributed by atoms with van der Waals surface area (Å²) in [6.45, 7) is 5.09. The van der Waals surface area contributed by atoms with Crippen LogP contribution < -0.4 is 5.73 Å². The van der Waals surface area contributed by atoms with Crippen LogP contribution in [0.2, 0.25) is 0 Å². The van der Waals surface area contributed by atoms with Crippen LogP contribution in [0.5, 0.6) is 0 Å². The summed E-state index contributed by atoms with van der Waals surface area (Å²) in [6, 6.07) is 1.35. The van der Waals surface area contributed by atoms with Gasteiger partial charge < -0.3 is 15.4 Å². The number of hydrogen-bond acceptors (Lipinski definition) is 4. The summed E-state index contributed by atoms with van der Waals surface area (Å²) in [5, 5.41) is 0. The number of hydrogen-bond donors (Lipinski definition) is 1. The minimum atomic E-state index is -0.759. The Morgan fingerprint density at radius 3 is 3.00 bits per heavy atom. The Kier molecular flexibility index (Phi) is 3.21. The van der Waals surface area contributed by atoms with Crippen LogP contribution >= 0.6 is 0 Å². The van der Waals surface area contributed by atoms with Gasteiger partial charge in [0.15, 0.2) is 11.6 Å². The first-order valence-corrected chi connectivity index (χ1v) is 5.73. The lowest BCUT2D eigenvalue weighted by Crippen LogP contribution is -2.55. The molecular weight excluding hydrogens is 237 g/mol. The third-order valence-corrected chi connectivity index (χ3v) is 3.04. The van der Waals surface area contributed by atoms with E-state index in [1.54, 1.807) is 4.90 Å². The summed E-state index contributed by atoms with van der Waals surface area (Å²) in [7, 11) is 0. The number of rotatable bonds is 1. The minimum absolute atomic E-state index is 0.0440.